The van der Waals surface area contributed by atoms with E-state index in [9.17, 15) is 13.6 Å². The molecule has 0 radical (unpaired) electrons. The van der Waals surface area contributed by atoms with Crippen molar-refractivity contribution >= 4 is 5.91 Å². The van der Waals surface area contributed by atoms with Crippen molar-refractivity contribution in [3.8, 4) is 0 Å². The highest BCUT2D eigenvalue weighted by Gasteiger charge is 2.42. The number of halogens is 2. The van der Waals surface area contributed by atoms with Crippen molar-refractivity contribution < 1.29 is 18.3 Å². The van der Waals surface area contributed by atoms with E-state index in [1.54, 1.807) is 6.07 Å². The third-order valence-electron chi connectivity index (χ3n) is 5.70. The Morgan fingerprint density at radius 2 is 1.89 bits per heavy atom. The lowest BCUT2D eigenvalue weighted by atomic mass is 9.86. The van der Waals surface area contributed by atoms with Crippen molar-refractivity contribution in [2.45, 2.75) is 50.4 Å². The summed E-state index contributed by atoms with van der Waals surface area (Å²) in [7, 11) is 0. The van der Waals surface area contributed by atoms with Crippen molar-refractivity contribution in [3.05, 3.63) is 71.3 Å². The summed E-state index contributed by atoms with van der Waals surface area (Å²) < 4.78 is 33.1. The summed E-state index contributed by atoms with van der Waals surface area (Å²) in [5, 5.41) is 3.18. The Balaban J connectivity index is 1.48. The van der Waals surface area contributed by atoms with E-state index < -0.39 is 11.6 Å². The van der Waals surface area contributed by atoms with Gasteiger partial charge in [-0.2, -0.15) is 0 Å². The van der Waals surface area contributed by atoms with Crippen LogP contribution in [-0.4, -0.2) is 18.1 Å². The zero-order valence-electron chi connectivity index (χ0n) is 15.0. The van der Waals surface area contributed by atoms with Crippen LogP contribution >= 0.6 is 0 Å². The molecule has 142 valence electrons. The lowest BCUT2D eigenvalue weighted by Crippen LogP contribution is -2.48. The van der Waals surface area contributed by atoms with E-state index in [0.29, 0.717) is 18.4 Å². The van der Waals surface area contributed by atoms with Gasteiger partial charge in [0.05, 0.1) is 18.6 Å². The number of fused-ring (bicyclic) bond motifs is 1. The maximum Gasteiger partial charge on any atom is 0.224 e. The van der Waals surface area contributed by atoms with Crippen LogP contribution in [0.15, 0.2) is 48.5 Å². The van der Waals surface area contributed by atoms with E-state index in [0.717, 1.165) is 30.9 Å². The fourth-order valence-electron chi connectivity index (χ4n) is 4.39. The maximum atomic E-state index is 13.7. The molecule has 5 heteroatoms. The highest BCUT2D eigenvalue weighted by molar-refractivity contribution is 5.78. The standard InChI is InChI=1S/C22H23F2NO2/c23-17-10-9-15(12-18(17)24)21-13-19(16-7-4-8-20(16)27-21)25-22(26)11-14-5-2-1-3-6-14/h1-3,5-6,9-10,12,16,19-21H,4,7-8,11,13H2,(H,25,26)/t16-,19+,20+,21+/m0/s1. The van der Waals surface area contributed by atoms with E-state index >= 15 is 0 Å². The first-order valence-electron chi connectivity index (χ1n) is 9.54. The van der Waals surface area contributed by atoms with Gasteiger partial charge in [0.1, 0.15) is 0 Å². The quantitative estimate of drug-likeness (QED) is 0.869. The van der Waals surface area contributed by atoms with Crippen LogP contribution in [0.1, 0.15) is 42.9 Å². The topological polar surface area (TPSA) is 38.3 Å². The van der Waals surface area contributed by atoms with Crippen molar-refractivity contribution in [1.29, 1.82) is 0 Å². The molecule has 1 N–H and O–H groups in total. The smallest absolute Gasteiger partial charge is 0.224 e. The molecule has 0 unspecified atom stereocenters. The number of carbonyl (C=O) groups excluding carboxylic acids is 1. The number of nitrogens with one attached hydrogen (secondary N) is 1. The Labute approximate surface area is 157 Å². The largest absolute Gasteiger partial charge is 0.370 e. The number of hydrogen-bond acceptors (Lipinski definition) is 2. The second-order valence-corrected chi connectivity index (χ2v) is 7.50. The molecular weight excluding hydrogens is 348 g/mol. The van der Waals surface area contributed by atoms with Crippen LogP contribution in [-0.2, 0) is 16.0 Å². The predicted molar refractivity (Wildman–Crippen MR) is 98.0 cm³/mol. The lowest BCUT2D eigenvalue weighted by molar-refractivity contribution is -0.126. The number of rotatable bonds is 4. The number of amides is 1. The highest BCUT2D eigenvalue weighted by Crippen LogP contribution is 2.42. The van der Waals surface area contributed by atoms with Gasteiger partial charge in [0.15, 0.2) is 11.6 Å². The molecule has 2 aromatic rings. The Hall–Kier alpha value is -2.27. The third-order valence-corrected chi connectivity index (χ3v) is 5.70. The molecule has 0 spiro atoms. The molecule has 1 saturated heterocycles. The summed E-state index contributed by atoms with van der Waals surface area (Å²) in [6, 6.07) is 13.5. The first-order valence-corrected chi connectivity index (χ1v) is 9.54. The van der Waals surface area contributed by atoms with Gasteiger partial charge in [-0.05, 0) is 42.5 Å². The van der Waals surface area contributed by atoms with Crippen molar-refractivity contribution in [2.75, 3.05) is 0 Å². The van der Waals surface area contributed by atoms with E-state index in [1.807, 2.05) is 30.3 Å². The number of hydrogen-bond donors (Lipinski definition) is 1. The molecular formula is C22H23F2NO2. The molecule has 1 heterocycles. The van der Waals surface area contributed by atoms with Crippen LogP contribution in [0.2, 0.25) is 0 Å². The second kappa shape index (κ2) is 7.77. The predicted octanol–water partition coefficient (Wildman–Crippen LogP) is 4.32. The minimum Gasteiger partial charge on any atom is -0.370 e. The highest BCUT2D eigenvalue weighted by atomic mass is 19.2. The third kappa shape index (κ3) is 4.03. The maximum absolute atomic E-state index is 13.7. The first kappa shape index (κ1) is 18.1. The second-order valence-electron chi connectivity index (χ2n) is 7.50. The molecule has 4 atom stereocenters. The van der Waals surface area contributed by atoms with E-state index in [1.165, 1.54) is 6.07 Å². The van der Waals surface area contributed by atoms with Gasteiger partial charge in [0.25, 0.3) is 0 Å². The van der Waals surface area contributed by atoms with Gasteiger partial charge in [-0.15, -0.1) is 0 Å². The van der Waals surface area contributed by atoms with Gasteiger partial charge in [0.2, 0.25) is 5.91 Å². The van der Waals surface area contributed by atoms with Gasteiger partial charge < -0.3 is 10.1 Å². The van der Waals surface area contributed by atoms with E-state index in [4.69, 9.17) is 4.74 Å². The van der Waals surface area contributed by atoms with Gasteiger partial charge in [-0.1, -0.05) is 42.8 Å². The molecule has 2 fully saturated rings. The first-order chi connectivity index (χ1) is 13.1. The minimum absolute atomic E-state index is 0.0113. The van der Waals surface area contributed by atoms with Gasteiger partial charge in [-0.3, -0.25) is 4.79 Å². The molecule has 4 rings (SSSR count). The number of benzene rings is 2. The summed E-state index contributed by atoms with van der Waals surface area (Å²) in [4.78, 5) is 12.5. The molecule has 1 aliphatic carbocycles. The summed E-state index contributed by atoms with van der Waals surface area (Å²) >= 11 is 0. The van der Waals surface area contributed by atoms with Gasteiger partial charge in [-0.25, -0.2) is 8.78 Å². The van der Waals surface area contributed by atoms with Crippen LogP contribution in [0.3, 0.4) is 0 Å². The van der Waals surface area contributed by atoms with Crippen molar-refractivity contribution in [3.63, 3.8) is 0 Å². The minimum atomic E-state index is -0.866. The van der Waals surface area contributed by atoms with Crippen molar-refractivity contribution in [2.24, 2.45) is 5.92 Å². The fraction of sp³-hybridized carbons (Fsp3) is 0.409. The SMILES string of the molecule is O=C(Cc1ccccc1)N[C@@H]1C[C@H](c2ccc(F)c(F)c2)O[C@@H]2CCC[C@@H]12. The summed E-state index contributed by atoms with van der Waals surface area (Å²) in [5.41, 5.74) is 1.60. The molecule has 1 saturated carbocycles. The van der Waals surface area contributed by atoms with E-state index in [-0.39, 0.29) is 30.1 Å². The Kier molecular flexibility index (Phi) is 5.21. The fourth-order valence-corrected chi connectivity index (χ4v) is 4.39. The normalized spacial score (nSPS) is 27.2. The van der Waals surface area contributed by atoms with E-state index in [2.05, 4.69) is 5.32 Å². The molecule has 0 aromatic heterocycles. The molecule has 1 amide bonds. The summed E-state index contributed by atoms with van der Waals surface area (Å²) in [6.45, 7) is 0. The monoisotopic (exact) mass is 371 g/mol. The van der Waals surface area contributed by atoms with Crippen LogP contribution in [0, 0.1) is 17.6 Å². The van der Waals surface area contributed by atoms with Crippen LogP contribution in [0.25, 0.3) is 0 Å². The lowest BCUT2D eigenvalue weighted by Gasteiger charge is -2.39. The average molecular weight is 371 g/mol. The van der Waals surface area contributed by atoms with Gasteiger partial charge in [0, 0.05) is 12.0 Å². The molecule has 3 nitrogen and oxygen atoms in total. The summed E-state index contributed by atoms with van der Waals surface area (Å²) in [5.74, 6) is -1.45. The number of ether oxygens (including phenoxy) is 1. The Morgan fingerprint density at radius 3 is 2.67 bits per heavy atom. The average Bonchev–Trinajstić information content (AvgIpc) is 3.13. The molecule has 0 bridgehead atoms. The van der Waals surface area contributed by atoms with Gasteiger partial charge >= 0.3 is 0 Å². The number of carbonyl (C=O) groups is 1. The van der Waals surface area contributed by atoms with Crippen LogP contribution in [0.5, 0.6) is 0 Å². The molecule has 1 aliphatic heterocycles. The molecule has 2 aliphatic rings. The summed E-state index contributed by atoms with van der Waals surface area (Å²) in [6.07, 6.45) is 3.66. The van der Waals surface area contributed by atoms with Crippen LogP contribution in [0.4, 0.5) is 8.78 Å². The van der Waals surface area contributed by atoms with Crippen molar-refractivity contribution in [1.82, 2.24) is 5.32 Å². The molecule has 27 heavy (non-hydrogen) atoms. The zero-order valence-corrected chi connectivity index (χ0v) is 15.0. The molecule has 2 aromatic carbocycles. The Bertz CT molecular complexity index is 811. The zero-order chi connectivity index (χ0) is 18.8. The Morgan fingerprint density at radius 1 is 1.07 bits per heavy atom. The van der Waals surface area contributed by atoms with Crippen LogP contribution < -0.4 is 5.32 Å².